The lowest BCUT2D eigenvalue weighted by atomic mass is 10.1. The number of rotatable bonds is 2. The van der Waals surface area contributed by atoms with Crippen molar-refractivity contribution in [3.8, 4) is 0 Å². The molecule has 1 aromatic carbocycles. The van der Waals surface area contributed by atoms with Crippen LogP contribution in [0.25, 0.3) is 0 Å². The summed E-state index contributed by atoms with van der Waals surface area (Å²) in [6.45, 7) is 1.90. The van der Waals surface area contributed by atoms with E-state index < -0.39 is 6.23 Å². The Morgan fingerprint density at radius 3 is 2.68 bits per heavy atom. The van der Waals surface area contributed by atoms with E-state index in [0.717, 1.165) is 4.88 Å². The largest absolute Gasteiger partial charge is 0.369 e. The lowest BCUT2D eigenvalue weighted by Gasteiger charge is -2.27. The van der Waals surface area contributed by atoms with Crippen molar-refractivity contribution in [2.24, 2.45) is 0 Å². The maximum Gasteiger partial charge on any atom is 0.257 e. The molecule has 2 heterocycles. The molecular weight excluding hydrogens is 282 g/mol. The van der Waals surface area contributed by atoms with Crippen LogP contribution in [0.1, 0.15) is 40.0 Å². The molecule has 1 N–H and O–H groups in total. The Bertz CT molecular complexity index is 640. The van der Waals surface area contributed by atoms with Gasteiger partial charge < -0.3 is 10.0 Å². The van der Waals surface area contributed by atoms with Gasteiger partial charge >= 0.3 is 0 Å². The van der Waals surface area contributed by atoms with Gasteiger partial charge in [0.05, 0.1) is 10.4 Å². The molecule has 3 rings (SSSR count). The first-order chi connectivity index (χ1) is 9.09. The zero-order valence-electron chi connectivity index (χ0n) is 10.2. The molecule has 1 aromatic heterocycles. The Hall–Kier alpha value is -1.36. The SMILES string of the molecule is CC(c1ccc(Cl)s1)N1C(=O)c2ccccc2C1O. The predicted octanol–water partition coefficient (Wildman–Crippen LogP) is 3.61. The van der Waals surface area contributed by atoms with E-state index in [9.17, 15) is 9.90 Å². The molecular formula is C14H12ClNO2S. The molecule has 98 valence electrons. The van der Waals surface area contributed by atoms with Gasteiger partial charge in [-0.15, -0.1) is 11.3 Å². The third kappa shape index (κ3) is 1.96. The van der Waals surface area contributed by atoms with Crippen molar-refractivity contribution in [3.63, 3.8) is 0 Å². The van der Waals surface area contributed by atoms with Gasteiger partial charge in [-0.2, -0.15) is 0 Å². The number of carbonyl (C=O) groups excluding carboxylic acids is 1. The first-order valence-corrected chi connectivity index (χ1v) is 7.14. The smallest absolute Gasteiger partial charge is 0.257 e. The maximum absolute atomic E-state index is 12.4. The number of benzene rings is 1. The highest BCUT2D eigenvalue weighted by molar-refractivity contribution is 7.16. The summed E-state index contributed by atoms with van der Waals surface area (Å²) in [7, 11) is 0. The summed E-state index contributed by atoms with van der Waals surface area (Å²) >= 11 is 7.35. The minimum atomic E-state index is -0.889. The maximum atomic E-state index is 12.4. The van der Waals surface area contributed by atoms with Crippen LogP contribution in [0.15, 0.2) is 36.4 Å². The van der Waals surface area contributed by atoms with Crippen molar-refractivity contribution in [2.75, 3.05) is 0 Å². The van der Waals surface area contributed by atoms with Crippen LogP contribution >= 0.6 is 22.9 Å². The molecule has 0 saturated heterocycles. The fourth-order valence-electron chi connectivity index (χ4n) is 2.39. The number of aliphatic hydroxyl groups is 1. The average Bonchev–Trinajstić information content (AvgIpc) is 2.94. The molecule has 0 spiro atoms. The Labute approximate surface area is 120 Å². The zero-order valence-corrected chi connectivity index (χ0v) is 11.8. The van der Waals surface area contributed by atoms with Crippen LogP contribution in [0.2, 0.25) is 4.34 Å². The zero-order chi connectivity index (χ0) is 13.6. The van der Waals surface area contributed by atoms with E-state index in [4.69, 9.17) is 11.6 Å². The van der Waals surface area contributed by atoms with Gasteiger partial charge in [-0.3, -0.25) is 4.79 Å². The van der Waals surface area contributed by atoms with Crippen LogP contribution in [0.5, 0.6) is 0 Å². The first kappa shape index (κ1) is 12.7. The molecule has 1 amide bonds. The number of amides is 1. The van der Waals surface area contributed by atoms with Crippen molar-refractivity contribution in [1.82, 2.24) is 4.90 Å². The highest BCUT2D eigenvalue weighted by atomic mass is 35.5. The van der Waals surface area contributed by atoms with E-state index in [1.807, 2.05) is 19.1 Å². The van der Waals surface area contributed by atoms with Crippen LogP contribution < -0.4 is 0 Å². The van der Waals surface area contributed by atoms with Gasteiger partial charge in [-0.1, -0.05) is 29.8 Å². The third-order valence-corrected chi connectivity index (χ3v) is 4.79. The first-order valence-electron chi connectivity index (χ1n) is 5.94. The highest BCUT2D eigenvalue weighted by Crippen LogP contribution is 2.40. The molecule has 2 atom stereocenters. The molecule has 0 saturated carbocycles. The summed E-state index contributed by atoms with van der Waals surface area (Å²) < 4.78 is 0.681. The molecule has 19 heavy (non-hydrogen) atoms. The topological polar surface area (TPSA) is 40.5 Å². The summed E-state index contributed by atoms with van der Waals surface area (Å²) in [5, 5.41) is 10.3. The predicted molar refractivity (Wildman–Crippen MR) is 75.3 cm³/mol. The third-order valence-electron chi connectivity index (χ3n) is 3.39. The van der Waals surface area contributed by atoms with Crippen molar-refractivity contribution in [2.45, 2.75) is 19.2 Å². The van der Waals surface area contributed by atoms with E-state index in [0.29, 0.717) is 15.5 Å². The quantitative estimate of drug-likeness (QED) is 0.919. The fraction of sp³-hybridized carbons (Fsp3) is 0.214. The van der Waals surface area contributed by atoms with Crippen molar-refractivity contribution < 1.29 is 9.90 Å². The van der Waals surface area contributed by atoms with Gasteiger partial charge in [0.15, 0.2) is 6.23 Å². The monoisotopic (exact) mass is 293 g/mol. The van der Waals surface area contributed by atoms with E-state index in [1.165, 1.54) is 16.2 Å². The van der Waals surface area contributed by atoms with Gasteiger partial charge in [0.25, 0.3) is 5.91 Å². The molecule has 0 fully saturated rings. The van der Waals surface area contributed by atoms with Crippen molar-refractivity contribution in [3.05, 3.63) is 56.7 Å². The molecule has 1 aliphatic heterocycles. The lowest BCUT2D eigenvalue weighted by molar-refractivity contribution is 0.000338. The Morgan fingerprint density at radius 1 is 1.32 bits per heavy atom. The van der Waals surface area contributed by atoms with Gasteiger partial charge in [0.2, 0.25) is 0 Å². The minimum Gasteiger partial charge on any atom is -0.369 e. The van der Waals surface area contributed by atoms with Crippen LogP contribution in [0, 0.1) is 0 Å². The molecule has 1 aliphatic rings. The minimum absolute atomic E-state index is 0.139. The highest BCUT2D eigenvalue weighted by Gasteiger charge is 2.38. The molecule has 0 aliphatic carbocycles. The number of halogens is 1. The molecule has 2 unspecified atom stereocenters. The molecule has 5 heteroatoms. The number of hydrogen-bond donors (Lipinski definition) is 1. The van der Waals surface area contributed by atoms with Crippen LogP contribution in [0.4, 0.5) is 0 Å². The Kier molecular flexibility index (Phi) is 3.09. The van der Waals surface area contributed by atoms with Gasteiger partial charge in [0.1, 0.15) is 0 Å². The summed E-state index contributed by atoms with van der Waals surface area (Å²) in [6, 6.07) is 10.7. The van der Waals surface area contributed by atoms with E-state index in [-0.39, 0.29) is 11.9 Å². The number of aliphatic hydroxyl groups excluding tert-OH is 1. The molecule has 3 nitrogen and oxygen atoms in total. The second kappa shape index (κ2) is 4.63. The number of carbonyl (C=O) groups is 1. The molecule has 0 radical (unpaired) electrons. The number of nitrogens with zero attached hydrogens (tertiary/aromatic N) is 1. The lowest BCUT2D eigenvalue weighted by Crippen LogP contribution is -2.30. The van der Waals surface area contributed by atoms with Crippen LogP contribution in [-0.4, -0.2) is 15.9 Å². The Morgan fingerprint density at radius 2 is 2.05 bits per heavy atom. The van der Waals surface area contributed by atoms with Gasteiger partial charge in [-0.05, 0) is 25.1 Å². The fourth-order valence-corrected chi connectivity index (χ4v) is 3.51. The number of fused-ring (bicyclic) bond motifs is 1. The van der Waals surface area contributed by atoms with E-state index in [2.05, 4.69) is 0 Å². The molecule has 0 bridgehead atoms. The van der Waals surface area contributed by atoms with Gasteiger partial charge in [0, 0.05) is 16.0 Å². The average molecular weight is 294 g/mol. The van der Waals surface area contributed by atoms with Crippen LogP contribution in [-0.2, 0) is 0 Å². The Balaban J connectivity index is 1.97. The summed E-state index contributed by atoms with van der Waals surface area (Å²) in [6.07, 6.45) is -0.889. The molecule has 2 aromatic rings. The van der Waals surface area contributed by atoms with Crippen LogP contribution in [0.3, 0.4) is 0 Å². The summed E-state index contributed by atoms with van der Waals surface area (Å²) in [5.41, 5.74) is 1.24. The van der Waals surface area contributed by atoms with E-state index in [1.54, 1.807) is 24.3 Å². The second-order valence-corrected chi connectivity index (χ2v) is 6.24. The summed E-state index contributed by atoms with van der Waals surface area (Å²) in [5.74, 6) is -0.139. The standard InChI is InChI=1S/C14H12ClNO2S/c1-8(11-6-7-12(15)19-11)16-13(17)9-4-2-3-5-10(9)14(16)18/h2-8,13,17H,1H3. The van der Waals surface area contributed by atoms with E-state index >= 15 is 0 Å². The second-order valence-electron chi connectivity index (χ2n) is 4.49. The summed E-state index contributed by atoms with van der Waals surface area (Å²) in [4.78, 5) is 14.8. The normalized spacial score (nSPS) is 19.6. The number of thiophene rings is 1. The van der Waals surface area contributed by atoms with Gasteiger partial charge in [-0.25, -0.2) is 0 Å². The van der Waals surface area contributed by atoms with Crippen molar-refractivity contribution in [1.29, 1.82) is 0 Å². The van der Waals surface area contributed by atoms with Crippen molar-refractivity contribution >= 4 is 28.8 Å². The number of hydrogen-bond acceptors (Lipinski definition) is 3.